The van der Waals surface area contributed by atoms with Gasteiger partial charge in [-0.25, -0.2) is 0 Å². The number of fused-ring (bicyclic) bond motifs is 1. The summed E-state index contributed by atoms with van der Waals surface area (Å²) in [5, 5.41) is 5.86. The number of nitrogens with zero attached hydrogens (tertiary/aromatic N) is 1. The minimum Gasteiger partial charge on any atom is -0.326 e. The van der Waals surface area contributed by atoms with Crippen molar-refractivity contribution in [3.8, 4) is 0 Å². The molecule has 0 saturated heterocycles. The average molecular weight is 393 g/mol. The lowest BCUT2D eigenvalue weighted by molar-refractivity contribution is -0.124. The molecule has 152 valence electrons. The average Bonchev–Trinajstić information content (AvgIpc) is 2.67. The van der Waals surface area contributed by atoms with E-state index in [-0.39, 0.29) is 30.1 Å². The number of nitrogens with one attached hydrogen (secondary N) is 2. The van der Waals surface area contributed by atoms with Crippen molar-refractivity contribution < 1.29 is 14.4 Å². The molecule has 0 radical (unpaired) electrons. The Labute approximate surface area is 171 Å². The van der Waals surface area contributed by atoms with Gasteiger partial charge < -0.3 is 15.5 Å². The number of hydrogen-bond donors (Lipinski definition) is 2. The molecular formula is C23H27N3O3. The number of anilines is 3. The summed E-state index contributed by atoms with van der Waals surface area (Å²) in [4.78, 5) is 39.1. The predicted octanol–water partition coefficient (Wildman–Crippen LogP) is 4.07. The van der Waals surface area contributed by atoms with Crippen LogP contribution in [0.3, 0.4) is 0 Å². The SMILES string of the molecule is Cc1c(NC(=O)CC(C)C)cccc1NC(=O)C1CC(=O)N(C)c2ccccc21. The second-order valence-electron chi connectivity index (χ2n) is 7.88. The third-order valence-corrected chi connectivity index (χ3v) is 5.20. The van der Waals surface area contributed by atoms with E-state index in [1.54, 1.807) is 24.1 Å². The first kappa shape index (κ1) is 20.6. The Morgan fingerprint density at radius 2 is 1.72 bits per heavy atom. The Kier molecular flexibility index (Phi) is 6.01. The van der Waals surface area contributed by atoms with E-state index < -0.39 is 5.92 Å². The number of carbonyl (C=O) groups is 3. The summed E-state index contributed by atoms with van der Waals surface area (Å²) in [5.41, 5.74) is 3.68. The van der Waals surface area contributed by atoms with Gasteiger partial charge in [-0.1, -0.05) is 38.1 Å². The summed E-state index contributed by atoms with van der Waals surface area (Å²) < 4.78 is 0. The lowest BCUT2D eigenvalue weighted by atomic mass is 9.88. The first-order valence-electron chi connectivity index (χ1n) is 9.83. The fourth-order valence-electron chi connectivity index (χ4n) is 3.58. The lowest BCUT2D eigenvalue weighted by Gasteiger charge is -2.31. The molecule has 1 heterocycles. The number of carbonyl (C=O) groups excluding carboxylic acids is 3. The minimum absolute atomic E-state index is 0.0542. The predicted molar refractivity (Wildman–Crippen MR) is 115 cm³/mol. The molecule has 6 heteroatoms. The van der Waals surface area contributed by atoms with Gasteiger partial charge in [0.25, 0.3) is 0 Å². The summed E-state index contributed by atoms with van der Waals surface area (Å²) in [6.45, 7) is 5.84. The highest BCUT2D eigenvalue weighted by molar-refractivity contribution is 6.06. The van der Waals surface area contributed by atoms with Gasteiger partial charge in [0.05, 0.1) is 5.92 Å². The van der Waals surface area contributed by atoms with E-state index in [9.17, 15) is 14.4 Å². The van der Waals surface area contributed by atoms with Gasteiger partial charge in [0.15, 0.2) is 0 Å². The van der Waals surface area contributed by atoms with Crippen molar-refractivity contribution in [2.75, 3.05) is 22.6 Å². The van der Waals surface area contributed by atoms with Crippen LogP contribution in [0.4, 0.5) is 17.1 Å². The Morgan fingerprint density at radius 3 is 2.41 bits per heavy atom. The molecule has 3 amide bonds. The summed E-state index contributed by atoms with van der Waals surface area (Å²) in [7, 11) is 1.72. The molecular weight excluding hydrogens is 366 g/mol. The maximum Gasteiger partial charge on any atom is 0.232 e. The van der Waals surface area contributed by atoms with Crippen molar-refractivity contribution in [3.63, 3.8) is 0 Å². The van der Waals surface area contributed by atoms with Crippen LogP contribution in [0.2, 0.25) is 0 Å². The fourth-order valence-corrected chi connectivity index (χ4v) is 3.58. The van der Waals surface area contributed by atoms with Crippen molar-refractivity contribution in [1.29, 1.82) is 0 Å². The number of benzene rings is 2. The van der Waals surface area contributed by atoms with E-state index >= 15 is 0 Å². The van der Waals surface area contributed by atoms with Crippen LogP contribution >= 0.6 is 0 Å². The van der Waals surface area contributed by atoms with Gasteiger partial charge in [0.2, 0.25) is 17.7 Å². The van der Waals surface area contributed by atoms with E-state index in [4.69, 9.17) is 0 Å². The zero-order valence-corrected chi connectivity index (χ0v) is 17.3. The summed E-state index contributed by atoms with van der Waals surface area (Å²) in [6, 6.07) is 12.9. The van der Waals surface area contributed by atoms with Gasteiger partial charge in [0.1, 0.15) is 0 Å². The monoisotopic (exact) mass is 393 g/mol. The number of amides is 3. The van der Waals surface area contributed by atoms with Crippen molar-refractivity contribution in [2.45, 2.75) is 39.5 Å². The molecule has 1 aliphatic rings. The standard InChI is InChI=1S/C23H27N3O3/c1-14(2)12-21(27)24-18-9-7-10-19(15(18)3)25-23(29)17-13-22(28)26(4)20-11-6-5-8-16(17)20/h5-11,14,17H,12-13H2,1-4H3,(H,24,27)(H,25,29). The largest absolute Gasteiger partial charge is 0.326 e. The molecule has 3 rings (SSSR count). The second-order valence-corrected chi connectivity index (χ2v) is 7.88. The van der Waals surface area contributed by atoms with Crippen molar-refractivity contribution in [1.82, 2.24) is 0 Å². The van der Waals surface area contributed by atoms with Crippen LogP contribution < -0.4 is 15.5 Å². The van der Waals surface area contributed by atoms with Gasteiger partial charge in [-0.15, -0.1) is 0 Å². The first-order chi connectivity index (χ1) is 13.8. The highest BCUT2D eigenvalue weighted by atomic mass is 16.2. The van der Waals surface area contributed by atoms with Crippen molar-refractivity contribution in [2.24, 2.45) is 5.92 Å². The molecule has 0 spiro atoms. The highest BCUT2D eigenvalue weighted by Gasteiger charge is 2.33. The molecule has 6 nitrogen and oxygen atoms in total. The molecule has 0 saturated carbocycles. The lowest BCUT2D eigenvalue weighted by Crippen LogP contribution is -2.37. The molecule has 2 N–H and O–H groups in total. The second kappa shape index (κ2) is 8.47. The number of hydrogen-bond acceptors (Lipinski definition) is 3. The van der Waals surface area contributed by atoms with Gasteiger partial charge >= 0.3 is 0 Å². The smallest absolute Gasteiger partial charge is 0.232 e. The summed E-state index contributed by atoms with van der Waals surface area (Å²) >= 11 is 0. The minimum atomic E-state index is -0.548. The van der Waals surface area contributed by atoms with Crippen LogP contribution in [-0.4, -0.2) is 24.8 Å². The zero-order chi connectivity index (χ0) is 21.1. The normalized spacial score (nSPS) is 15.8. The number of para-hydroxylation sites is 1. The molecule has 0 aromatic heterocycles. The van der Waals surface area contributed by atoms with E-state index in [0.717, 1.165) is 16.8 Å². The topological polar surface area (TPSA) is 78.5 Å². The first-order valence-corrected chi connectivity index (χ1v) is 9.83. The quantitative estimate of drug-likeness (QED) is 0.804. The van der Waals surface area contributed by atoms with E-state index in [0.29, 0.717) is 17.8 Å². The van der Waals surface area contributed by atoms with Gasteiger partial charge in [0, 0.05) is 37.0 Å². The van der Waals surface area contributed by atoms with E-state index in [1.165, 1.54) is 0 Å². The molecule has 0 fully saturated rings. The molecule has 0 aliphatic carbocycles. The molecule has 2 aromatic carbocycles. The van der Waals surface area contributed by atoms with Crippen LogP contribution in [0.5, 0.6) is 0 Å². The van der Waals surface area contributed by atoms with Crippen LogP contribution in [0, 0.1) is 12.8 Å². The molecule has 29 heavy (non-hydrogen) atoms. The summed E-state index contributed by atoms with van der Waals surface area (Å²) in [6.07, 6.45) is 0.563. The molecule has 2 aromatic rings. The molecule has 1 aliphatic heterocycles. The van der Waals surface area contributed by atoms with E-state index in [2.05, 4.69) is 10.6 Å². The Bertz CT molecular complexity index is 952. The Balaban J connectivity index is 1.81. The molecule has 1 unspecified atom stereocenters. The van der Waals surface area contributed by atoms with E-state index in [1.807, 2.05) is 51.1 Å². The maximum atomic E-state index is 13.0. The fraction of sp³-hybridized carbons (Fsp3) is 0.348. The molecule has 1 atom stereocenters. The van der Waals surface area contributed by atoms with Crippen molar-refractivity contribution in [3.05, 3.63) is 53.6 Å². The maximum absolute atomic E-state index is 13.0. The van der Waals surface area contributed by atoms with Crippen LogP contribution in [-0.2, 0) is 14.4 Å². The number of rotatable bonds is 5. The molecule has 0 bridgehead atoms. The highest BCUT2D eigenvalue weighted by Crippen LogP contribution is 2.36. The Morgan fingerprint density at radius 1 is 1.07 bits per heavy atom. The van der Waals surface area contributed by atoms with Crippen LogP contribution in [0.15, 0.2) is 42.5 Å². The van der Waals surface area contributed by atoms with Gasteiger partial charge in [-0.2, -0.15) is 0 Å². The Hall–Kier alpha value is -3.15. The summed E-state index contributed by atoms with van der Waals surface area (Å²) in [5.74, 6) is -0.655. The van der Waals surface area contributed by atoms with Gasteiger partial charge in [-0.3, -0.25) is 14.4 Å². The zero-order valence-electron chi connectivity index (χ0n) is 17.3. The van der Waals surface area contributed by atoms with Crippen LogP contribution in [0.1, 0.15) is 43.7 Å². The van der Waals surface area contributed by atoms with Gasteiger partial charge in [-0.05, 0) is 42.2 Å². The van der Waals surface area contributed by atoms with Crippen LogP contribution in [0.25, 0.3) is 0 Å². The van der Waals surface area contributed by atoms with Crippen molar-refractivity contribution >= 4 is 34.8 Å². The third kappa shape index (κ3) is 4.47. The third-order valence-electron chi connectivity index (χ3n) is 5.20.